The van der Waals surface area contributed by atoms with Gasteiger partial charge in [-0.2, -0.15) is 0 Å². The number of likely N-dealkylation sites (N-methyl/N-ethyl adjacent to an activating group) is 1. The van der Waals surface area contributed by atoms with Gasteiger partial charge in [-0.05, 0) is 25.2 Å². The van der Waals surface area contributed by atoms with Crippen molar-refractivity contribution in [3.63, 3.8) is 0 Å². The summed E-state index contributed by atoms with van der Waals surface area (Å²) < 4.78 is 0. The molecule has 6 nitrogen and oxygen atoms in total. The fraction of sp³-hybridized carbons (Fsp3) is 0.533. The number of hydrogen-bond donors (Lipinski definition) is 3. The Hall–Kier alpha value is -1.50. The third-order valence-electron chi connectivity index (χ3n) is 3.83. The SMILES string of the molecule is CN1CCN(c2ccc(C(N)=O)cc2NCC(O)CCl)CC1. The first-order chi connectivity index (χ1) is 10.5. The zero-order valence-electron chi connectivity index (χ0n) is 12.8. The van der Waals surface area contributed by atoms with Crippen LogP contribution in [0.2, 0.25) is 0 Å². The van der Waals surface area contributed by atoms with Crippen LogP contribution in [0.15, 0.2) is 18.2 Å². The zero-order valence-corrected chi connectivity index (χ0v) is 13.5. The number of anilines is 2. The molecular formula is C15H23ClN4O2. The van der Waals surface area contributed by atoms with Gasteiger partial charge in [-0.25, -0.2) is 0 Å². The summed E-state index contributed by atoms with van der Waals surface area (Å²) in [7, 11) is 2.10. The topological polar surface area (TPSA) is 81.8 Å². The number of carbonyl (C=O) groups excluding carboxylic acids is 1. The third kappa shape index (κ3) is 4.25. The Labute approximate surface area is 135 Å². The molecule has 1 saturated heterocycles. The second kappa shape index (κ2) is 7.67. The van der Waals surface area contributed by atoms with Crippen LogP contribution < -0.4 is 16.0 Å². The van der Waals surface area contributed by atoms with Gasteiger partial charge in [0.15, 0.2) is 0 Å². The second-order valence-corrected chi connectivity index (χ2v) is 5.88. The van der Waals surface area contributed by atoms with Crippen molar-refractivity contribution in [2.24, 2.45) is 5.73 Å². The molecule has 7 heteroatoms. The number of amides is 1. The molecule has 1 aliphatic heterocycles. The molecule has 0 aliphatic carbocycles. The molecule has 0 saturated carbocycles. The van der Waals surface area contributed by atoms with Gasteiger partial charge >= 0.3 is 0 Å². The van der Waals surface area contributed by atoms with Gasteiger partial charge in [-0.3, -0.25) is 4.79 Å². The van der Waals surface area contributed by atoms with Crippen molar-refractivity contribution in [3.8, 4) is 0 Å². The number of alkyl halides is 1. The van der Waals surface area contributed by atoms with Crippen LogP contribution in [0.5, 0.6) is 0 Å². The van der Waals surface area contributed by atoms with Gasteiger partial charge in [0, 0.05) is 38.3 Å². The Kier molecular flexibility index (Phi) is 5.88. The van der Waals surface area contributed by atoms with E-state index < -0.39 is 12.0 Å². The largest absolute Gasteiger partial charge is 0.390 e. The average molecular weight is 327 g/mol. The van der Waals surface area contributed by atoms with Gasteiger partial charge in [-0.1, -0.05) is 0 Å². The maximum Gasteiger partial charge on any atom is 0.248 e. The van der Waals surface area contributed by atoms with Gasteiger partial charge in [0.25, 0.3) is 0 Å². The lowest BCUT2D eigenvalue weighted by Gasteiger charge is -2.35. The van der Waals surface area contributed by atoms with Crippen LogP contribution >= 0.6 is 11.6 Å². The Balaban J connectivity index is 2.21. The minimum Gasteiger partial charge on any atom is -0.390 e. The first-order valence-corrected chi connectivity index (χ1v) is 7.90. The van der Waals surface area contributed by atoms with E-state index in [0.717, 1.165) is 37.6 Å². The molecule has 1 heterocycles. The number of carbonyl (C=O) groups is 1. The predicted molar refractivity (Wildman–Crippen MR) is 89.9 cm³/mol. The number of piperazine rings is 1. The van der Waals surface area contributed by atoms with Crippen LogP contribution in [-0.4, -0.2) is 67.7 Å². The van der Waals surface area contributed by atoms with Gasteiger partial charge in [0.2, 0.25) is 5.91 Å². The van der Waals surface area contributed by atoms with E-state index >= 15 is 0 Å². The summed E-state index contributed by atoms with van der Waals surface area (Å²) in [6.45, 7) is 4.13. The fourth-order valence-electron chi connectivity index (χ4n) is 2.44. The molecule has 0 aromatic heterocycles. The van der Waals surface area contributed by atoms with Crippen molar-refractivity contribution in [1.29, 1.82) is 0 Å². The zero-order chi connectivity index (χ0) is 16.1. The van der Waals surface area contributed by atoms with Crippen LogP contribution in [0.4, 0.5) is 11.4 Å². The van der Waals surface area contributed by atoms with Crippen LogP contribution in [-0.2, 0) is 0 Å². The molecule has 1 fully saturated rings. The molecule has 1 aromatic rings. The van der Waals surface area contributed by atoms with Crippen LogP contribution in [0.3, 0.4) is 0 Å². The molecule has 0 radical (unpaired) electrons. The van der Waals surface area contributed by atoms with Crippen molar-refractivity contribution in [3.05, 3.63) is 23.8 Å². The monoisotopic (exact) mass is 326 g/mol. The Bertz CT molecular complexity index is 518. The number of nitrogens with zero attached hydrogens (tertiary/aromatic N) is 2. The second-order valence-electron chi connectivity index (χ2n) is 5.58. The van der Waals surface area contributed by atoms with Gasteiger partial charge in [-0.15, -0.1) is 11.6 Å². The van der Waals surface area contributed by atoms with Crippen LogP contribution in [0.1, 0.15) is 10.4 Å². The summed E-state index contributed by atoms with van der Waals surface area (Å²) in [5.41, 5.74) is 7.61. The van der Waals surface area contributed by atoms with E-state index in [0.29, 0.717) is 12.1 Å². The maximum absolute atomic E-state index is 11.4. The number of nitrogens with two attached hydrogens (primary N) is 1. The van der Waals surface area contributed by atoms with E-state index in [1.807, 2.05) is 6.07 Å². The fourth-order valence-corrected chi connectivity index (χ4v) is 2.55. The minimum atomic E-state index is -0.640. The van der Waals surface area contributed by atoms with Crippen molar-refractivity contribution in [2.75, 3.05) is 55.9 Å². The molecule has 2 rings (SSSR count). The highest BCUT2D eigenvalue weighted by atomic mass is 35.5. The normalized spacial score (nSPS) is 17.3. The summed E-state index contributed by atoms with van der Waals surface area (Å²) >= 11 is 5.62. The van der Waals surface area contributed by atoms with Crippen molar-refractivity contribution >= 4 is 28.9 Å². The average Bonchev–Trinajstić information content (AvgIpc) is 2.53. The van der Waals surface area contributed by atoms with Crippen molar-refractivity contribution in [2.45, 2.75) is 6.10 Å². The molecule has 1 unspecified atom stereocenters. The van der Waals surface area contributed by atoms with Crippen LogP contribution in [0, 0.1) is 0 Å². The minimum absolute atomic E-state index is 0.159. The van der Waals surface area contributed by atoms with Gasteiger partial charge < -0.3 is 26.0 Å². The lowest BCUT2D eigenvalue weighted by atomic mass is 10.1. The van der Waals surface area contributed by atoms with Crippen molar-refractivity contribution in [1.82, 2.24) is 4.90 Å². The Morgan fingerprint density at radius 1 is 1.41 bits per heavy atom. The number of hydrogen-bond acceptors (Lipinski definition) is 5. The number of halogens is 1. The highest BCUT2D eigenvalue weighted by molar-refractivity contribution is 6.18. The molecule has 122 valence electrons. The first kappa shape index (κ1) is 16.9. The summed E-state index contributed by atoms with van der Waals surface area (Å²) in [4.78, 5) is 15.9. The molecule has 22 heavy (non-hydrogen) atoms. The number of primary amides is 1. The number of aliphatic hydroxyl groups is 1. The summed E-state index contributed by atoms with van der Waals surface area (Å²) in [5, 5.41) is 12.8. The highest BCUT2D eigenvalue weighted by Gasteiger charge is 2.18. The lowest BCUT2D eigenvalue weighted by molar-refractivity contribution is 0.100. The van der Waals surface area contributed by atoms with E-state index in [4.69, 9.17) is 17.3 Å². The van der Waals surface area contributed by atoms with Gasteiger partial charge in [0.1, 0.15) is 0 Å². The summed E-state index contributed by atoms with van der Waals surface area (Å²) in [6.07, 6.45) is -0.640. The first-order valence-electron chi connectivity index (χ1n) is 7.36. The number of aliphatic hydroxyl groups excluding tert-OH is 1. The predicted octanol–water partition coefficient (Wildman–Crippen LogP) is 0.549. The maximum atomic E-state index is 11.4. The Morgan fingerprint density at radius 2 is 2.09 bits per heavy atom. The Morgan fingerprint density at radius 3 is 2.68 bits per heavy atom. The molecule has 1 aliphatic rings. The van der Waals surface area contributed by atoms with E-state index in [1.165, 1.54) is 0 Å². The molecule has 4 N–H and O–H groups in total. The number of rotatable bonds is 6. The molecular weight excluding hydrogens is 304 g/mol. The molecule has 0 bridgehead atoms. The number of nitrogens with one attached hydrogen (secondary N) is 1. The van der Waals surface area contributed by atoms with E-state index in [-0.39, 0.29) is 5.88 Å². The standard InChI is InChI=1S/C15H23ClN4O2/c1-19-4-6-20(7-5-19)14-3-2-11(15(17)22)8-13(14)18-10-12(21)9-16/h2-3,8,12,18,21H,4-7,9-10H2,1H3,(H2,17,22). The highest BCUT2D eigenvalue weighted by Crippen LogP contribution is 2.28. The van der Waals surface area contributed by atoms with Gasteiger partial charge in [0.05, 0.1) is 23.4 Å². The third-order valence-corrected chi connectivity index (χ3v) is 4.19. The lowest BCUT2D eigenvalue weighted by Crippen LogP contribution is -2.44. The molecule has 0 spiro atoms. The smallest absolute Gasteiger partial charge is 0.248 e. The molecule has 1 aromatic carbocycles. The summed E-state index contributed by atoms with van der Waals surface area (Å²) in [6, 6.07) is 5.37. The van der Waals surface area contributed by atoms with E-state index in [2.05, 4.69) is 22.2 Å². The molecule has 1 atom stereocenters. The van der Waals surface area contributed by atoms with E-state index in [1.54, 1.807) is 12.1 Å². The summed E-state index contributed by atoms with van der Waals surface area (Å²) in [5.74, 6) is -0.308. The van der Waals surface area contributed by atoms with Crippen molar-refractivity contribution < 1.29 is 9.90 Å². The quantitative estimate of drug-likeness (QED) is 0.665. The van der Waals surface area contributed by atoms with E-state index in [9.17, 15) is 9.90 Å². The molecule has 1 amide bonds. The number of benzene rings is 1. The van der Waals surface area contributed by atoms with Crippen LogP contribution in [0.25, 0.3) is 0 Å².